The number of hydrogen-bond donors (Lipinski definition) is 2. The first-order chi connectivity index (χ1) is 10.3. The predicted octanol–water partition coefficient (Wildman–Crippen LogP) is 1.81. The van der Waals surface area contributed by atoms with Gasteiger partial charge in [0.25, 0.3) is 0 Å². The third kappa shape index (κ3) is 3.42. The molecule has 0 bridgehead atoms. The van der Waals surface area contributed by atoms with Gasteiger partial charge in [0.2, 0.25) is 5.91 Å². The van der Waals surface area contributed by atoms with Crippen LogP contribution in [0.4, 0.5) is 0 Å². The number of aryl methyl sites for hydroxylation is 1. The van der Waals surface area contributed by atoms with E-state index in [2.05, 4.69) is 32.4 Å². The van der Waals surface area contributed by atoms with Crippen LogP contribution < -0.4 is 10.6 Å². The molecule has 1 amide bonds. The van der Waals surface area contributed by atoms with Gasteiger partial charge in [0.05, 0.1) is 0 Å². The van der Waals surface area contributed by atoms with Gasteiger partial charge in [-0.25, -0.2) is 4.98 Å². The molecule has 2 N–H and O–H groups in total. The molecule has 5 heteroatoms. The largest absolute Gasteiger partial charge is 0.356 e. The molecule has 2 heterocycles. The Hall–Kier alpha value is -1.88. The number of nitrogens with one attached hydrogen (secondary N) is 2. The van der Waals surface area contributed by atoms with Crippen LogP contribution in [0.1, 0.15) is 31.7 Å². The van der Waals surface area contributed by atoms with Crippen molar-refractivity contribution in [3.63, 3.8) is 0 Å². The van der Waals surface area contributed by atoms with Gasteiger partial charge in [-0.05, 0) is 37.5 Å². The summed E-state index contributed by atoms with van der Waals surface area (Å²) < 4.78 is 2.09. The van der Waals surface area contributed by atoms with Crippen LogP contribution in [0.3, 0.4) is 0 Å². The molecule has 0 aliphatic heterocycles. The van der Waals surface area contributed by atoms with Gasteiger partial charge in [-0.1, -0.05) is 0 Å². The molecule has 0 aromatic carbocycles. The molecular weight excluding hydrogens is 264 g/mol. The molecule has 0 saturated heterocycles. The lowest BCUT2D eigenvalue weighted by atomic mass is 10.2. The topological polar surface area (TPSA) is 59.0 Å². The van der Waals surface area contributed by atoms with Crippen LogP contribution in [0, 0.1) is 0 Å². The first-order valence-electron chi connectivity index (χ1n) is 7.70. The number of carbonyl (C=O) groups excluding carboxylic acids is 1. The highest BCUT2D eigenvalue weighted by Crippen LogP contribution is 2.23. The van der Waals surface area contributed by atoms with Gasteiger partial charge in [0.15, 0.2) is 0 Å². The van der Waals surface area contributed by atoms with Crippen molar-refractivity contribution in [1.82, 2.24) is 20.2 Å². The highest BCUT2D eigenvalue weighted by atomic mass is 16.1. The number of hydrogen-bond acceptors (Lipinski definition) is 3. The molecule has 112 valence electrons. The van der Waals surface area contributed by atoms with Crippen LogP contribution in [-0.2, 0) is 17.9 Å². The average Bonchev–Trinajstić information content (AvgIpc) is 3.25. The van der Waals surface area contributed by atoms with Gasteiger partial charge in [-0.2, -0.15) is 0 Å². The molecule has 0 spiro atoms. The van der Waals surface area contributed by atoms with E-state index in [1.165, 1.54) is 23.8 Å². The summed E-state index contributed by atoms with van der Waals surface area (Å²) >= 11 is 0. The summed E-state index contributed by atoms with van der Waals surface area (Å²) in [5.41, 5.74) is 2.23. The highest BCUT2D eigenvalue weighted by molar-refractivity contribution is 5.81. The van der Waals surface area contributed by atoms with E-state index in [-0.39, 0.29) is 5.91 Å². The standard InChI is InChI=1S/C16H22N4O/c1-2-17-15(21)7-9-20-11-12(10-19-13-5-6-13)14-4-3-8-18-16(14)20/h3-4,8,11,13,19H,2,5-7,9-10H2,1H3,(H,17,21). The Morgan fingerprint density at radius 2 is 2.33 bits per heavy atom. The van der Waals surface area contributed by atoms with Gasteiger partial charge in [0.1, 0.15) is 5.65 Å². The van der Waals surface area contributed by atoms with E-state index in [1.807, 2.05) is 19.2 Å². The van der Waals surface area contributed by atoms with Crippen LogP contribution in [-0.4, -0.2) is 28.0 Å². The predicted molar refractivity (Wildman–Crippen MR) is 82.9 cm³/mol. The maximum absolute atomic E-state index is 11.6. The lowest BCUT2D eigenvalue weighted by molar-refractivity contribution is -0.121. The second-order valence-electron chi connectivity index (χ2n) is 5.58. The second kappa shape index (κ2) is 6.26. The number of carbonyl (C=O) groups is 1. The molecule has 1 aliphatic carbocycles. The van der Waals surface area contributed by atoms with Crippen LogP contribution in [0.25, 0.3) is 11.0 Å². The Balaban J connectivity index is 1.75. The van der Waals surface area contributed by atoms with E-state index < -0.39 is 0 Å². The van der Waals surface area contributed by atoms with Crippen molar-refractivity contribution in [3.05, 3.63) is 30.1 Å². The van der Waals surface area contributed by atoms with Gasteiger partial charge >= 0.3 is 0 Å². The number of fused-ring (bicyclic) bond motifs is 1. The minimum Gasteiger partial charge on any atom is -0.356 e. The van der Waals surface area contributed by atoms with E-state index in [4.69, 9.17) is 0 Å². The summed E-state index contributed by atoms with van der Waals surface area (Å²) in [6.07, 6.45) is 7.00. The summed E-state index contributed by atoms with van der Waals surface area (Å²) in [7, 11) is 0. The summed E-state index contributed by atoms with van der Waals surface area (Å²) in [4.78, 5) is 16.1. The van der Waals surface area contributed by atoms with Crippen LogP contribution in [0.15, 0.2) is 24.5 Å². The van der Waals surface area contributed by atoms with Crippen molar-refractivity contribution >= 4 is 16.9 Å². The molecular formula is C16H22N4O. The molecule has 0 radical (unpaired) electrons. The molecule has 1 fully saturated rings. The van der Waals surface area contributed by atoms with Gasteiger partial charge in [-0.3, -0.25) is 4.79 Å². The number of aromatic nitrogens is 2. The van der Waals surface area contributed by atoms with Crippen molar-refractivity contribution < 1.29 is 4.79 Å². The number of amides is 1. The lowest BCUT2D eigenvalue weighted by Crippen LogP contribution is -2.23. The van der Waals surface area contributed by atoms with E-state index in [0.29, 0.717) is 25.6 Å². The van der Waals surface area contributed by atoms with Gasteiger partial charge in [0, 0.05) is 49.9 Å². The summed E-state index contributed by atoms with van der Waals surface area (Å²) in [5.74, 6) is 0.0907. The Morgan fingerprint density at radius 1 is 1.48 bits per heavy atom. The number of rotatable bonds is 7. The fourth-order valence-electron chi connectivity index (χ4n) is 2.56. The summed E-state index contributed by atoms with van der Waals surface area (Å²) in [6.45, 7) is 4.16. The average molecular weight is 286 g/mol. The van der Waals surface area contributed by atoms with Crippen molar-refractivity contribution in [2.24, 2.45) is 0 Å². The van der Waals surface area contributed by atoms with Crippen LogP contribution in [0.5, 0.6) is 0 Å². The molecule has 2 aromatic heterocycles. The zero-order valence-electron chi connectivity index (χ0n) is 12.4. The zero-order valence-corrected chi connectivity index (χ0v) is 12.4. The smallest absolute Gasteiger partial charge is 0.221 e. The van der Waals surface area contributed by atoms with E-state index in [9.17, 15) is 4.79 Å². The maximum atomic E-state index is 11.6. The van der Waals surface area contributed by atoms with Crippen molar-refractivity contribution in [1.29, 1.82) is 0 Å². The Labute approximate surface area is 124 Å². The fourth-order valence-corrected chi connectivity index (χ4v) is 2.56. The van der Waals surface area contributed by atoms with Crippen LogP contribution in [0.2, 0.25) is 0 Å². The van der Waals surface area contributed by atoms with E-state index in [1.54, 1.807) is 0 Å². The summed E-state index contributed by atoms with van der Waals surface area (Å²) in [6, 6.07) is 4.77. The lowest BCUT2D eigenvalue weighted by Gasteiger charge is -2.04. The minimum absolute atomic E-state index is 0.0907. The monoisotopic (exact) mass is 286 g/mol. The molecule has 0 unspecified atom stereocenters. The third-order valence-electron chi connectivity index (χ3n) is 3.83. The molecule has 3 rings (SSSR count). The highest BCUT2D eigenvalue weighted by Gasteiger charge is 2.21. The molecule has 0 atom stereocenters. The Kier molecular flexibility index (Phi) is 4.20. The number of nitrogens with zero attached hydrogens (tertiary/aromatic N) is 2. The first kappa shape index (κ1) is 14.1. The second-order valence-corrected chi connectivity index (χ2v) is 5.58. The van der Waals surface area contributed by atoms with Crippen molar-refractivity contribution in [2.75, 3.05) is 6.54 Å². The minimum atomic E-state index is 0.0907. The molecule has 2 aromatic rings. The molecule has 1 saturated carbocycles. The molecule has 1 aliphatic rings. The zero-order chi connectivity index (χ0) is 14.7. The normalized spacial score (nSPS) is 14.5. The van der Waals surface area contributed by atoms with Crippen molar-refractivity contribution in [3.8, 4) is 0 Å². The van der Waals surface area contributed by atoms with Gasteiger partial charge in [-0.15, -0.1) is 0 Å². The maximum Gasteiger partial charge on any atom is 0.221 e. The summed E-state index contributed by atoms with van der Waals surface area (Å²) in [5, 5.41) is 7.56. The SMILES string of the molecule is CCNC(=O)CCn1cc(CNC2CC2)c2cccnc21. The van der Waals surface area contributed by atoms with E-state index in [0.717, 1.165) is 12.2 Å². The molecule has 5 nitrogen and oxygen atoms in total. The fraction of sp³-hybridized carbons (Fsp3) is 0.500. The van der Waals surface area contributed by atoms with Crippen LogP contribution >= 0.6 is 0 Å². The Morgan fingerprint density at radius 3 is 3.10 bits per heavy atom. The number of pyridine rings is 1. The Bertz CT molecular complexity index is 630. The molecule has 21 heavy (non-hydrogen) atoms. The quantitative estimate of drug-likeness (QED) is 0.816. The van der Waals surface area contributed by atoms with Gasteiger partial charge < -0.3 is 15.2 Å². The first-order valence-corrected chi connectivity index (χ1v) is 7.70. The van der Waals surface area contributed by atoms with E-state index >= 15 is 0 Å². The third-order valence-corrected chi connectivity index (χ3v) is 3.83. The van der Waals surface area contributed by atoms with Crippen molar-refractivity contribution in [2.45, 2.75) is 45.3 Å².